The number of aryl methyl sites for hydroxylation is 1. The van der Waals surface area contributed by atoms with E-state index in [-0.39, 0.29) is 17.4 Å². The number of pyridine rings is 1. The van der Waals surface area contributed by atoms with Crippen molar-refractivity contribution >= 4 is 27.5 Å². The molecule has 0 saturated heterocycles. The Kier molecular flexibility index (Phi) is 3.68. The quantitative estimate of drug-likeness (QED) is 0.928. The molecule has 1 saturated carbocycles. The highest BCUT2D eigenvalue weighted by Gasteiger charge is 2.43. The number of benzene rings is 1. The van der Waals surface area contributed by atoms with Crippen LogP contribution in [0.15, 0.2) is 51.9 Å². The van der Waals surface area contributed by atoms with E-state index in [0.29, 0.717) is 11.6 Å². The zero-order valence-electron chi connectivity index (χ0n) is 11.5. The molecule has 1 N–H and O–H groups in total. The molecule has 2 atom stereocenters. The fourth-order valence-corrected chi connectivity index (χ4v) is 2.73. The van der Waals surface area contributed by atoms with Gasteiger partial charge in [-0.3, -0.25) is 9.59 Å². The number of rotatable bonds is 3. The minimum atomic E-state index is -0.0906. The third-order valence-electron chi connectivity index (χ3n) is 3.78. The number of anilines is 1. The summed E-state index contributed by atoms with van der Waals surface area (Å²) in [6, 6.07) is 11.2. The molecule has 4 nitrogen and oxygen atoms in total. The first-order valence-corrected chi connectivity index (χ1v) is 7.57. The van der Waals surface area contributed by atoms with Crippen molar-refractivity contribution in [3.63, 3.8) is 0 Å². The minimum absolute atomic E-state index is 0.0153. The molecule has 3 rings (SSSR count). The summed E-state index contributed by atoms with van der Waals surface area (Å²) in [5, 5.41) is 2.88. The molecule has 1 amide bonds. The molecule has 21 heavy (non-hydrogen) atoms. The predicted octanol–water partition coefficient (Wildman–Crippen LogP) is 2.89. The van der Waals surface area contributed by atoms with E-state index in [1.807, 2.05) is 24.3 Å². The van der Waals surface area contributed by atoms with E-state index in [2.05, 4.69) is 21.2 Å². The van der Waals surface area contributed by atoms with Crippen molar-refractivity contribution in [2.75, 3.05) is 5.32 Å². The molecule has 1 aliphatic carbocycles. The zero-order chi connectivity index (χ0) is 15.0. The van der Waals surface area contributed by atoms with Crippen LogP contribution in [0.3, 0.4) is 0 Å². The molecular weight excluding hydrogens is 332 g/mol. The second-order valence-corrected chi connectivity index (χ2v) is 6.27. The Bertz CT molecular complexity index is 737. The van der Waals surface area contributed by atoms with Crippen LogP contribution in [0.4, 0.5) is 5.69 Å². The molecule has 1 fully saturated rings. The van der Waals surface area contributed by atoms with Crippen LogP contribution in [0, 0.1) is 5.92 Å². The normalized spacial score (nSPS) is 20.1. The monoisotopic (exact) mass is 346 g/mol. The van der Waals surface area contributed by atoms with Gasteiger partial charge in [0, 0.05) is 29.7 Å². The molecule has 1 aromatic carbocycles. The molecule has 108 valence electrons. The molecule has 0 radical (unpaired) electrons. The van der Waals surface area contributed by atoms with Crippen LogP contribution < -0.4 is 10.9 Å². The van der Waals surface area contributed by atoms with Crippen LogP contribution >= 0.6 is 15.9 Å². The van der Waals surface area contributed by atoms with Crippen molar-refractivity contribution < 1.29 is 4.79 Å². The molecule has 0 unspecified atom stereocenters. The number of hydrogen-bond acceptors (Lipinski definition) is 2. The fourth-order valence-electron chi connectivity index (χ4n) is 2.47. The molecule has 0 spiro atoms. The number of nitrogens with zero attached hydrogens (tertiary/aromatic N) is 1. The van der Waals surface area contributed by atoms with Gasteiger partial charge in [0.1, 0.15) is 0 Å². The van der Waals surface area contributed by atoms with Gasteiger partial charge >= 0.3 is 0 Å². The second-order valence-electron chi connectivity index (χ2n) is 5.36. The summed E-state index contributed by atoms with van der Waals surface area (Å²) in [6.07, 6.45) is 2.51. The van der Waals surface area contributed by atoms with Gasteiger partial charge in [0.15, 0.2) is 0 Å². The largest absolute Gasteiger partial charge is 0.325 e. The highest BCUT2D eigenvalue weighted by atomic mass is 79.9. The number of halogens is 1. The second kappa shape index (κ2) is 5.48. The lowest BCUT2D eigenvalue weighted by atomic mass is 10.1. The molecule has 2 aromatic rings. The number of carbonyl (C=O) groups excluding carboxylic acids is 1. The number of nitrogens with one attached hydrogen (secondary N) is 1. The first kappa shape index (κ1) is 14.1. The fraction of sp³-hybridized carbons (Fsp3) is 0.250. The van der Waals surface area contributed by atoms with E-state index in [1.165, 1.54) is 16.2 Å². The maximum absolute atomic E-state index is 12.2. The Morgan fingerprint density at radius 2 is 1.95 bits per heavy atom. The third kappa shape index (κ3) is 3.08. The Morgan fingerprint density at radius 3 is 2.62 bits per heavy atom. The van der Waals surface area contributed by atoms with Crippen LogP contribution in [-0.2, 0) is 11.8 Å². The van der Waals surface area contributed by atoms with Crippen molar-refractivity contribution in [2.24, 2.45) is 13.0 Å². The number of carbonyl (C=O) groups is 1. The molecule has 1 aliphatic rings. The lowest BCUT2D eigenvalue weighted by Gasteiger charge is -2.06. The van der Waals surface area contributed by atoms with Crippen LogP contribution in [0.2, 0.25) is 0 Å². The smallest absolute Gasteiger partial charge is 0.250 e. The Morgan fingerprint density at radius 1 is 1.24 bits per heavy atom. The first-order chi connectivity index (χ1) is 10.0. The summed E-state index contributed by atoms with van der Waals surface area (Å²) in [5.74, 6) is 0.329. The molecular formula is C16H15BrN2O2. The Balaban J connectivity index is 1.66. The maximum Gasteiger partial charge on any atom is 0.250 e. The van der Waals surface area contributed by atoms with Gasteiger partial charge in [-0.1, -0.05) is 28.1 Å². The molecule has 0 aliphatic heterocycles. The highest BCUT2D eigenvalue weighted by Crippen LogP contribution is 2.48. The van der Waals surface area contributed by atoms with Crippen LogP contribution in [0.25, 0.3) is 0 Å². The van der Waals surface area contributed by atoms with Crippen LogP contribution in [-0.4, -0.2) is 10.5 Å². The lowest BCUT2D eigenvalue weighted by Crippen LogP contribution is -2.19. The molecule has 0 bridgehead atoms. The van der Waals surface area contributed by atoms with Gasteiger partial charge in [0.05, 0.1) is 5.69 Å². The molecule has 1 aromatic heterocycles. The van der Waals surface area contributed by atoms with Gasteiger partial charge in [-0.15, -0.1) is 0 Å². The van der Waals surface area contributed by atoms with Crippen LogP contribution in [0.1, 0.15) is 17.9 Å². The lowest BCUT2D eigenvalue weighted by molar-refractivity contribution is -0.117. The summed E-state index contributed by atoms with van der Waals surface area (Å²) in [6.45, 7) is 0. The summed E-state index contributed by atoms with van der Waals surface area (Å²) < 4.78 is 2.49. The number of hydrogen-bond donors (Lipinski definition) is 1. The van der Waals surface area contributed by atoms with Gasteiger partial charge in [-0.25, -0.2) is 0 Å². The summed E-state index contributed by atoms with van der Waals surface area (Å²) in [5.41, 5.74) is 1.76. The minimum Gasteiger partial charge on any atom is -0.325 e. The van der Waals surface area contributed by atoms with Gasteiger partial charge in [-0.2, -0.15) is 0 Å². The van der Waals surface area contributed by atoms with Crippen LogP contribution in [0.5, 0.6) is 0 Å². The SMILES string of the molecule is Cn1cc(NC(=O)[C@H]2C[C@H]2c2ccc(Br)cc2)ccc1=O. The van der Waals surface area contributed by atoms with E-state index in [9.17, 15) is 9.59 Å². The summed E-state index contributed by atoms with van der Waals surface area (Å²) in [7, 11) is 1.67. The standard InChI is InChI=1S/C16H15BrN2O2/c1-19-9-12(6-7-15(19)20)18-16(21)14-8-13(14)10-2-4-11(17)5-3-10/h2-7,9,13-14H,8H2,1H3,(H,18,21)/t13-,14-/m0/s1. The maximum atomic E-state index is 12.2. The number of aromatic nitrogens is 1. The number of amides is 1. The highest BCUT2D eigenvalue weighted by molar-refractivity contribution is 9.10. The van der Waals surface area contributed by atoms with Crippen molar-refractivity contribution in [1.29, 1.82) is 0 Å². The Labute approximate surface area is 130 Å². The van der Waals surface area contributed by atoms with Crippen molar-refractivity contribution in [1.82, 2.24) is 4.57 Å². The topological polar surface area (TPSA) is 51.1 Å². The molecule has 1 heterocycles. The van der Waals surface area contributed by atoms with E-state index in [4.69, 9.17) is 0 Å². The van der Waals surface area contributed by atoms with Gasteiger partial charge < -0.3 is 9.88 Å². The van der Waals surface area contributed by atoms with Gasteiger partial charge in [0.25, 0.3) is 0 Å². The van der Waals surface area contributed by atoms with E-state index >= 15 is 0 Å². The predicted molar refractivity (Wildman–Crippen MR) is 85.3 cm³/mol. The van der Waals surface area contributed by atoms with E-state index in [0.717, 1.165) is 10.9 Å². The summed E-state index contributed by atoms with van der Waals surface area (Å²) in [4.78, 5) is 23.5. The van der Waals surface area contributed by atoms with Crippen molar-refractivity contribution in [3.05, 3.63) is 63.0 Å². The summed E-state index contributed by atoms with van der Waals surface area (Å²) >= 11 is 3.41. The first-order valence-electron chi connectivity index (χ1n) is 6.77. The third-order valence-corrected chi connectivity index (χ3v) is 4.31. The average Bonchev–Trinajstić information content (AvgIpc) is 3.24. The van der Waals surface area contributed by atoms with E-state index in [1.54, 1.807) is 19.3 Å². The average molecular weight is 347 g/mol. The Hall–Kier alpha value is -1.88. The van der Waals surface area contributed by atoms with Crippen molar-refractivity contribution in [2.45, 2.75) is 12.3 Å². The zero-order valence-corrected chi connectivity index (χ0v) is 13.1. The van der Waals surface area contributed by atoms with E-state index < -0.39 is 0 Å². The van der Waals surface area contributed by atoms with Gasteiger partial charge in [-0.05, 0) is 36.1 Å². The van der Waals surface area contributed by atoms with Gasteiger partial charge in [0.2, 0.25) is 11.5 Å². The van der Waals surface area contributed by atoms with Crippen molar-refractivity contribution in [3.8, 4) is 0 Å². The molecule has 5 heteroatoms.